The van der Waals surface area contributed by atoms with Crippen molar-refractivity contribution in [1.82, 2.24) is 10.2 Å². The van der Waals surface area contributed by atoms with Crippen LogP contribution in [-0.2, 0) is 6.42 Å². The molecule has 0 saturated heterocycles. The predicted octanol–water partition coefficient (Wildman–Crippen LogP) is 4.40. The largest absolute Gasteiger partial charge is 0.481 e. The zero-order chi connectivity index (χ0) is 17.2. The predicted molar refractivity (Wildman–Crippen MR) is 92.5 cm³/mol. The maximum atomic E-state index is 11.9. The van der Waals surface area contributed by atoms with E-state index in [9.17, 15) is 4.79 Å². The van der Waals surface area contributed by atoms with E-state index >= 15 is 0 Å². The van der Waals surface area contributed by atoms with Crippen molar-refractivity contribution in [3.63, 3.8) is 0 Å². The Morgan fingerprint density at radius 1 is 1.08 bits per heavy atom. The topological polar surface area (TPSA) is 65.2 Å². The van der Waals surface area contributed by atoms with E-state index in [1.807, 2.05) is 55.5 Å². The van der Waals surface area contributed by atoms with Gasteiger partial charge in [0.2, 0.25) is 5.89 Å². The molecule has 0 bridgehead atoms. The second-order valence-corrected chi connectivity index (χ2v) is 6.17. The lowest BCUT2D eigenvalue weighted by atomic mass is 9.90. The Morgan fingerprint density at radius 2 is 1.92 bits per heavy atom. The second-order valence-electron chi connectivity index (χ2n) is 6.17. The number of benzene rings is 2. The van der Waals surface area contributed by atoms with Crippen molar-refractivity contribution in [3.8, 4) is 17.2 Å². The second kappa shape index (κ2) is 6.51. The fourth-order valence-corrected chi connectivity index (χ4v) is 3.05. The van der Waals surface area contributed by atoms with E-state index < -0.39 is 0 Å². The van der Waals surface area contributed by atoms with Crippen LogP contribution in [0.3, 0.4) is 0 Å². The number of fused-ring (bicyclic) bond motifs is 1. The monoisotopic (exact) mass is 334 g/mol. The molecule has 1 heterocycles. The standard InChI is InChI=1S/C20H18N2O3/c1-13(19-21-22-20(25-19)14-6-3-2-4-7-14)24-16-10-11-17-15(12-16)8-5-9-18(17)23/h2-4,6-7,10-13H,5,8-9H2,1H3/t13-/m0/s1. The molecule has 2 aromatic carbocycles. The van der Waals surface area contributed by atoms with Crippen LogP contribution in [-0.4, -0.2) is 16.0 Å². The summed E-state index contributed by atoms with van der Waals surface area (Å²) < 4.78 is 11.7. The highest BCUT2D eigenvalue weighted by molar-refractivity contribution is 5.98. The molecule has 5 heteroatoms. The highest BCUT2D eigenvalue weighted by Gasteiger charge is 2.20. The number of ketones is 1. The summed E-state index contributed by atoms with van der Waals surface area (Å²) in [6.45, 7) is 1.87. The minimum Gasteiger partial charge on any atom is -0.481 e. The maximum absolute atomic E-state index is 11.9. The first-order chi connectivity index (χ1) is 12.2. The van der Waals surface area contributed by atoms with Crippen LogP contribution in [0.1, 0.15) is 47.7 Å². The molecular weight excluding hydrogens is 316 g/mol. The number of ether oxygens (including phenoxy) is 1. The Morgan fingerprint density at radius 3 is 2.76 bits per heavy atom. The molecule has 0 spiro atoms. The molecule has 0 saturated carbocycles. The molecule has 3 aromatic rings. The molecule has 4 rings (SSSR count). The van der Waals surface area contributed by atoms with E-state index in [2.05, 4.69) is 10.2 Å². The zero-order valence-corrected chi connectivity index (χ0v) is 13.9. The van der Waals surface area contributed by atoms with Gasteiger partial charge in [0, 0.05) is 17.5 Å². The highest BCUT2D eigenvalue weighted by Crippen LogP contribution is 2.29. The van der Waals surface area contributed by atoms with Gasteiger partial charge in [0.25, 0.3) is 5.89 Å². The first-order valence-corrected chi connectivity index (χ1v) is 8.42. The Balaban J connectivity index is 1.52. The van der Waals surface area contributed by atoms with Crippen molar-refractivity contribution in [1.29, 1.82) is 0 Å². The van der Waals surface area contributed by atoms with Gasteiger partial charge in [-0.25, -0.2) is 0 Å². The molecule has 5 nitrogen and oxygen atoms in total. The number of nitrogens with zero attached hydrogens (tertiary/aromatic N) is 2. The minimum absolute atomic E-state index is 0.213. The van der Waals surface area contributed by atoms with E-state index in [1.54, 1.807) is 0 Å². The zero-order valence-electron chi connectivity index (χ0n) is 13.9. The Hall–Kier alpha value is -2.95. The van der Waals surface area contributed by atoms with Crippen LogP contribution < -0.4 is 4.74 Å². The lowest BCUT2D eigenvalue weighted by molar-refractivity contribution is 0.0972. The van der Waals surface area contributed by atoms with Crippen molar-refractivity contribution < 1.29 is 13.9 Å². The average molecular weight is 334 g/mol. The number of hydrogen-bond acceptors (Lipinski definition) is 5. The molecule has 1 aliphatic carbocycles. The van der Waals surface area contributed by atoms with Crippen LogP contribution in [0.5, 0.6) is 5.75 Å². The number of aryl methyl sites for hydroxylation is 1. The molecule has 0 unspecified atom stereocenters. The number of aromatic nitrogens is 2. The molecule has 0 radical (unpaired) electrons. The molecule has 1 atom stereocenters. The van der Waals surface area contributed by atoms with Crippen LogP contribution in [0.2, 0.25) is 0 Å². The van der Waals surface area contributed by atoms with E-state index in [0.29, 0.717) is 24.0 Å². The van der Waals surface area contributed by atoms with Gasteiger partial charge in [-0.1, -0.05) is 18.2 Å². The number of carbonyl (C=O) groups excluding carboxylic acids is 1. The third-order valence-electron chi connectivity index (χ3n) is 4.35. The van der Waals surface area contributed by atoms with Crippen molar-refractivity contribution in [3.05, 3.63) is 65.5 Å². The van der Waals surface area contributed by atoms with Crippen molar-refractivity contribution in [2.24, 2.45) is 0 Å². The molecular formula is C20H18N2O3. The SMILES string of the molecule is C[C@H](Oc1ccc2c(c1)CCCC2=O)c1nnc(-c2ccccc2)o1. The van der Waals surface area contributed by atoms with Gasteiger partial charge in [0.15, 0.2) is 11.9 Å². The minimum atomic E-state index is -0.373. The molecule has 0 N–H and O–H groups in total. The quantitative estimate of drug-likeness (QED) is 0.708. The van der Waals surface area contributed by atoms with E-state index in [0.717, 1.165) is 29.5 Å². The highest BCUT2D eigenvalue weighted by atomic mass is 16.5. The smallest absolute Gasteiger partial charge is 0.257 e. The molecule has 1 aromatic heterocycles. The van der Waals surface area contributed by atoms with Gasteiger partial charge in [-0.2, -0.15) is 0 Å². The summed E-state index contributed by atoms with van der Waals surface area (Å²) in [5.41, 5.74) is 2.74. The van der Waals surface area contributed by atoms with Crippen LogP contribution >= 0.6 is 0 Å². The summed E-state index contributed by atoms with van der Waals surface area (Å²) in [7, 11) is 0. The summed E-state index contributed by atoms with van der Waals surface area (Å²) in [6, 6.07) is 15.2. The lowest BCUT2D eigenvalue weighted by Gasteiger charge is -2.17. The van der Waals surface area contributed by atoms with Crippen molar-refractivity contribution in [2.75, 3.05) is 0 Å². The number of rotatable bonds is 4. The van der Waals surface area contributed by atoms with Gasteiger partial charge in [-0.3, -0.25) is 4.79 Å². The summed E-state index contributed by atoms with van der Waals surface area (Å²) in [5, 5.41) is 8.18. The lowest BCUT2D eigenvalue weighted by Crippen LogP contribution is -2.11. The average Bonchev–Trinajstić information content (AvgIpc) is 3.13. The molecule has 25 heavy (non-hydrogen) atoms. The Labute approximate surface area is 145 Å². The third-order valence-corrected chi connectivity index (χ3v) is 4.35. The summed E-state index contributed by atoms with van der Waals surface area (Å²) in [5.74, 6) is 1.82. The molecule has 1 aliphatic rings. The van der Waals surface area contributed by atoms with Crippen LogP contribution in [0.25, 0.3) is 11.5 Å². The van der Waals surface area contributed by atoms with Gasteiger partial charge in [0.05, 0.1) is 0 Å². The molecule has 126 valence electrons. The Bertz CT molecular complexity index is 902. The van der Waals surface area contributed by atoms with Crippen LogP contribution in [0, 0.1) is 0 Å². The first kappa shape index (κ1) is 15.6. The van der Waals surface area contributed by atoms with Crippen LogP contribution in [0.4, 0.5) is 0 Å². The van der Waals surface area contributed by atoms with Crippen molar-refractivity contribution >= 4 is 5.78 Å². The Kier molecular flexibility index (Phi) is 4.06. The maximum Gasteiger partial charge on any atom is 0.257 e. The first-order valence-electron chi connectivity index (χ1n) is 8.42. The van der Waals surface area contributed by atoms with Gasteiger partial charge in [0.1, 0.15) is 5.75 Å². The number of Topliss-reactive ketones (excluding diaryl/α,β-unsaturated/α-hetero) is 1. The van der Waals surface area contributed by atoms with Gasteiger partial charge < -0.3 is 9.15 Å². The van der Waals surface area contributed by atoms with Crippen molar-refractivity contribution in [2.45, 2.75) is 32.3 Å². The number of hydrogen-bond donors (Lipinski definition) is 0. The molecule has 0 aliphatic heterocycles. The molecule has 0 amide bonds. The van der Waals surface area contributed by atoms with Crippen LogP contribution in [0.15, 0.2) is 52.9 Å². The normalized spacial score (nSPS) is 14.8. The molecule has 0 fully saturated rings. The van der Waals surface area contributed by atoms with E-state index in [4.69, 9.17) is 9.15 Å². The van der Waals surface area contributed by atoms with Gasteiger partial charge >= 0.3 is 0 Å². The number of carbonyl (C=O) groups is 1. The van der Waals surface area contributed by atoms with Gasteiger partial charge in [-0.05, 0) is 55.7 Å². The summed E-state index contributed by atoms with van der Waals surface area (Å²) >= 11 is 0. The third kappa shape index (κ3) is 3.18. The summed E-state index contributed by atoms with van der Waals surface area (Å²) in [6.07, 6.45) is 2.07. The fourth-order valence-electron chi connectivity index (χ4n) is 3.05. The fraction of sp³-hybridized carbons (Fsp3) is 0.250. The van der Waals surface area contributed by atoms with E-state index in [1.165, 1.54) is 0 Å². The van der Waals surface area contributed by atoms with E-state index in [-0.39, 0.29) is 11.9 Å². The van der Waals surface area contributed by atoms with Gasteiger partial charge in [-0.15, -0.1) is 10.2 Å². The summed E-state index contributed by atoms with van der Waals surface area (Å²) in [4.78, 5) is 11.9.